The van der Waals surface area contributed by atoms with E-state index in [1.54, 1.807) is 18.2 Å². The van der Waals surface area contributed by atoms with Gasteiger partial charge in [0.2, 0.25) is 10.0 Å². The molecule has 0 heterocycles. The molecule has 1 saturated carbocycles. The molecule has 0 spiro atoms. The fraction of sp³-hybridized carbons (Fsp3) is 0.316. The third-order valence-corrected chi connectivity index (χ3v) is 6.53. The molecule has 0 aromatic heterocycles. The molecule has 0 atom stereocenters. The number of halogens is 2. The summed E-state index contributed by atoms with van der Waals surface area (Å²) in [5, 5.41) is 10.5. The largest absolute Gasteiger partial charge is 0.506 e. The number of aromatic hydroxyl groups is 1. The van der Waals surface area contributed by atoms with Gasteiger partial charge in [0.1, 0.15) is 5.75 Å². The maximum Gasteiger partial charge on any atom is 0.240 e. The van der Waals surface area contributed by atoms with Crippen LogP contribution >= 0.6 is 23.2 Å². The maximum atomic E-state index is 12.5. The molecule has 1 aliphatic rings. The Labute approximate surface area is 169 Å². The van der Waals surface area contributed by atoms with Crippen LogP contribution in [0.5, 0.6) is 5.75 Å². The number of rotatable bonds is 5. The molecule has 0 amide bonds. The second-order valence-corrected chi connectivity index (χ2v) is 9.09. The van der Waals surface area contributed by atoms with Gasteiger partial charge in [-0.2, -0.15) is 0 Å². The molecule has 0 radical (unpaired) electrons. The van der Waals surface area contributed by atoms with Crippen molar-refractivity contribution in [3.63, 3.8) is 0 Å². The zero-order valence-electron chi connectivity index (χ0n) is 14.5. The van der Waals surface area contributed by atoms with E-state index >= 15 is 0 Å². The number of nitrogens with zero attached hydrogens (tertiary/aromatic N) is 1. The first-order valence-corrected chi connectivity index (χ1v) is 10.9. The highest BCUT2D eigenvalue weighted by atomic mass is 35.5. The van der Waals surface area contributed by atoms with E-state index in [2.05, 4.69) is 9.71 Å². The van der Waals surface area contributed by atoms with Crippen LogP contribution in [0.4, 0.5) is 5.69 Å². The number of benzene rings is 2. The lowest BCUT2D eigenvalue weighted by molar-refractivity contribution is 0.412. The summed E-state index contributed by atoms with van der Waals surface area (Å²) in [6.07, 6.45) is 6.47. The Hall–Kier alpha value is -1.60. The maximum absolute atomic E-state index is 12.5. The van der Waals surface area contributed by atoms with Gasteiger partial charge in [0, 0.05) is 22.8 Å². The third kappa shape index (κ3) is 5.23. The number of phenols is 1. The molecule has 1 aliphatic carbocycles. The van der Waals surface area contributed by atoms with Crippen LogP contribution in [-0.2, 0) is 10.0 Å². The fourth-order valence-corrected chi connectivity index (χ4v) is 4.86. The number of hydrogen-bond donors (Lipinski definition) is 2. The molecule has 2 aromatic carbocycles. The van der Waals surface area contributed by atoms with Crippen molar-refractivity contribution in [1.82, 2.24) is 4.72 Å². The van der Waals surface area contributed by atoms with Crippen LogP contribution in [0.3, 0.4) is 0 Å². The lowest BCUT2D eigenvalue weighted by Crippen LogP contribution is -2.36. The molecule has 0 bridgehead atoms. The van der Waals surface area contributed by atoms with E-state index in [0.717, 1.165) is 25.7 Å². The summed E-state index contributed by atoms with van der Waals surface area (Å²) in [5.74, 6) is -0.110. The van der Waals surface area contributed by atoms with Gasteiger partial charge in [0.25, 0.3) is 0 Å². The minimum atomic E-state index is -3.54. The van der Waals surface area contributed by atoms with E-state index < -0.39 is 10.0 Å². The SMILES string of the molecule is O=S(=O)(NC1CCCCC1)c1ccc(N=Cc2cc(Cl)cc(Cl)c2O)cc1. The molecule has 2 N–H and O–H groups in total. The quantitative estimate of drug-likeness (QED) is 0.655. The zero-order chi connectivity index (χ0) is 19.4. The van der Waals surface area contributed by atoms with E-state index in [0.29, 0.717) is 16.3 Å². The highest BCUT2D eigenvalue weighted by Crippen LogP contribution is 2.30. The van der Waals surface area contributed by atoms with Crippen molar-refractivity contribution in [3.05, 3.63) is 52.0 Å². The lowest BCUT2D eigenvalue weighted by Gasteiger charge is -2.22. The van der Waals surface area contributed by atoms with Gasteiger partial charge in [-0.1, -0.05) is 42.5 Å². The molecule has 8 heteroatoms. The standard InChI is InChI=1S/C19H20Cl2N2O3S/c20-14-10-13(19(24)18(21)11-14)12-22-15-6-8-17(9-7-15)27(25,26)23-16-4-2-1-3-5-16/h6-12,16,23-24H,1-5H2. The Morgan fingerprint density at radius 3 is 2.41 bits per heavy atom. The molecule has 5 nitrogen and oxygen atoms in total. The van der Waals surface area contributed by atoms with Crippen molar-refractivity contribution in [1.29, 1.82) is 0 Å². The fourth-order valence-electron chi connectivity index (χ4n) is 3.05. The number of sulfonamides is 1. The molecule has 2 aromatic rings. The summed E-state index contributed by atoms with van der Waals surface area (Å²) in [5.41, 5.74) is 0.922. The van der Waals surface area contributed by atoms with E-state index in [4.69, 9.17) is 23.2 Å². The van der Waals surface area contributed by atoms with Crippen molar-refractivity contribution in [3.8, 4) is 5.75 Å². The minimum Gasteiger partial charge on any atom is -0.506 e. The van der Waals surface area contributed by atoms with Crippen molar-refractivity contribution in [2.75, 3.05) is 0 Å². The summed E-state index contributed by atoms with van der Waals surface area (Å²) in [7, 11) is -3.54. The molecule has 144 valence electrons. The van der Waals surface area contributed by atoms with Gasteiger partial charge in [-0.15, -0.1) is 0 Å². The van der Waals surface area contributed by atoms with E-state index in [-0.39, 0.29) is 21.7 Å². The number of phenolic OH excluding ortho intramolecular Hbond substituents is 1. The average Bonchev–Trinajstić information content (AvgIpc) is 2.64. The Bertz CT molecular complexity index is 938. The lowest BCUT2D eigenvalue weighted by atomic mass is 9.96. The second kappa shape index (κ2) is 8.61. The van der Waals surface area contributed by atoms with Gasteiger partial charge in [0.15, 0.2) is 0 Å². The van der Waals surface area contributed by atoms with Crippen molar-refractivity contribution < 1.29 is 13.5 Å². The predicted molar refractivity (Wildman–Crippen MR) is 109 cm³/mol. The highest BCUT2D eigenvalue weighted by Gasteiger charge is 2.21. The van der Waals surface area contributed by atoms with Gasteiger partial charge < -0.3 is 5.11 Å². The van der Waals surface area contributed by atoms with Crippen LogP contribution in [0.2, 0.25) is 10.0 Å². The first kappa shape index (κ1) is 20.1. The summed E-state index contributed by atoms with van der Waals surface area (Å²) in [6, 6.07) is 9.24. The van der Waals surface area contributed by atoms with Crippen LogP contribution < -0.4 is 4.72 Å². The van der Waals surface area contributed by atoms with Crippen LogP contribution in [0, 0.1) is 0 Å². The molecule has 3 rings (SSSR count). The first-order valence-electron chi connectivity index (χ1n) is 8.69. The monoisotopic (exact) mass is 426 g/mol. The zero-order valence-corrected chi connectivity index (χ0v) is 16.9. The summed E-state index contributed by atoms with van der Waals surface area (Å²) in [4.78, 5) is 4.45. The van der Waals surface area contributed by atoms with Crippen molar-refractivity contribution in [2.24, 2.45) is 4.99 Å². The van der Waals surface area contributed by atoms with Crippen LogP contribution in [0.15, 0.2) is 46.3 Å². The normalized spacial score (nSPS) is 16.1. The summed E-state index contributed by atoms with van der Waals surface area (Å²) in [6.45, 7) is 0. The second-order valence-electron chi connectivity index (χ2n) is 6.53. The number of aliphatic imine (C=N–C) groups is 1. The van der Waals surface area contributed by atoms with E-state index in [1.807, 2.05) is 0 Å². The van der Waals surface area contributed by atoms with Gasteiger partial charge in [-0.05, 0) is 49.2 Å². The van der Waals surface area contributed by atoms with Crippen molar-refractivity contribution in [2.45, 2.75) is 43.0 Å². The van der Waals surface area contributed by atoms with E-state index in [1.165, 1.54) is 30.8 Å². The summed E-state index contributed by atoms with van der Waals surface area (Å²) < 4.78 is 27.8. The molecule has 1 fully saturated rings. The molecular formula is C19H20Cl2N2O3S. The van der Waals surface area contributed by atoms with E-state index in [9.17, 15) is 13.5 Å². The van der Waals surface area contributed by atoms with Crippen molar-refractivity contribution >= 4 is 45.1 Å². The summed E-state index contributed by atoms with van der Waals surface area (Å²) >= 11 is 11.8. The molecular weight excluding hydrogens is 407 g/mol. The van der Waals surface area contributed by atoms with Gasteiger partial charge >= 0.3 is 0 Å². The van der Waals surface area contributed by atoms with Crippen LogP contribution in [-0.4, -0.2) is 25.8 Å². The highest BCUT2D eigenvalue weighted by molar-refractivity contribution is 7.89. The predicted octanol–water partition coefficient (Wildman–Crippen LogP) is 5.06. The minimum absolute atomic E-state index is 0.0111. The topological polar surface area (TPSA) is 78.8 Å². The first-order chi connectivity index (χ1) is 12.8. The molecule has 0 unspecified atom stereocenters. The Kier molecular flexibility index (Phi) is 6.42. The third-order valence-electron chi connectivity index (χ3n) is 4.48. The van der Waals surface area contributed by atoms with Crippen LogP contribution in [0.1, 0.15) is 37.7 Å². The Morgan fingerprint density at radius 2 is 1.74 bits per heavy atom. The van der Waals surface area contributed by atoms with Crippen LogP contribution in [0.25, 0.3) is 0 Å². The molecule has 27 heavy (non-hydrogen) atoms. The number of nitrogens with one attached hydrogen (secondary N) is 1. The molecule has 0 saturated heterocycles. The average molecular weight is 427 g/mol. The van der Waals surface area contributed by atoms with Gasteiger partial charge in [0.05, 0.1) is 15.6 Å². The Morgan fingerprint density at radius 1 is 1.07 bits per heavy atom. The number of hydrogen-bond acceptors (Lipinski definition) is 4. The van der Waals surface area contributed by atoms with Gasteiger partial charge in [-0.3, -0.25) is 4.99 Å². The molecule has 0 aliphatic heterocycles. The Balaban J connectivity index is 1.73. The smallest absolute Gasteiger partial charge is 0.240 e. The van der Waals surface area contributed by atoms with Gasteiger partial charge in [-0.25, -0.2) is 13.1 Å².